The number of hydrogen-bond acceptors (Lipinski definition) is 3. The Morgan fingerprint density at radius 2 is 1.26 bits per heavy atom. The number of allylic oxidation sites excluding steroid dienone is 4. The Morgan fingerprint density at radius 3 is 1.68 bits per heavy atom. The van der Waals surface area contributed by atoms with Crippen LogP contribution < -0.4 is 0 Å². The van der Waals surface area contributed by atoms with Gasteiger partial charge in [-0.05, 0) is 56.6 Å². The van der Waals surface area contributed by atoms with Crippen molar-refractivity contribution >= 4 is 0 Å². The average molecular weight is 306 g/mol. The molecule has 1 atom stereocenters. The molecule has 112 valence electrons. The van der Waals surface area contributed by atoms with Crippen LogP contribution in [0.15, 0.2) is 22.3 Å². The SMILES string of the molecule is CC1=C(C)C(C)C2=C1CCCC2.CO.CO.CO.[Ti]. The minimum atomic E-state index is 0. The van der Waals surface area contributed by atoms with Crippen LogP contribution in [0.5, 0.6) is 0 Å². The smallest absolute Gasteiger partial charge is 0.0319 e. The Morgan fingerprint density at radius 1 is 0.842 bits per heavy atom. The van der Waals surface area contributed by atoms with Crippen molar-refractivity contribution in [1.82, 2.24) is 0 Å². The molecule has 0 amide bonds. The van der Waals surface area contributed by atoms with E-state index in [-0.39, 0.29) is 21.7 Å². The van der Waals surface area contributed by atoms with Crippen LogP contribution in [0.25, 0.3) is 0 Å². The van der Waals surface area contributed by atoms with E-state index in [4.69, 9.17) is 15.3 Å². The molecule has 0 aliphatic heterocycles. The standard InChI is InChI=1S/C12H18.3CH4O.Ti/c1-8-9(2)11-6-4-5-7-12(11)10(8)3;3*1-2;/h9H,4-7H2,1-3H3;3*2H,1H3;. The Bertz CT molecular complexity index is 283. The number of hydrogen-bond donors (Lipinski definition) is 3. The van der Waals surface area contributed by atoms with Gasteiger partial charge in [-0.25, -0.2) is 0 Å². The maximum Gasteiger partial charge on any atom is 0.0319 e. The fourth-order valence-corrected chi connectivity index (χ4v) is 2.66. The van der Waals surface area contributed by atoms with E-state index in [0.717, 1.165) is 27.2 Å². The monoisotopic (exact) mass is 306 g/mol. The van der Waals surface area contributed by atoms with Gasteiger partial charge >= 0.3 is 0 Å². The molecule has 0 bridgehead atoms. The van der Waals surface area contributed by atoms with Crippen molar-refractivity contribution in [3.8, 4) is 0 Å². The summed E-state index contributed by atoms with van der Waals surface area (Å²) < 4.78 is 0. The second-order valence-electron chi connectivity index (χ2n) is 4.24. The summed E-state index contributed by atoms with van der Waals surface area (Å²) in [6, 6.07) is 0. The van der Waals surface area contributed by atoms with Gasteiger partial charge in [-0.15, -0.1) is 0 Å². The van der Waals surface area contributed by atoms with E-state index in [1.165, 1.54) is 25.7 Å². The molecule has 0 aromatic heterocycles. The largest absolute Gasteiger partial charge is 0.400 e. The van der Waals surface area contributed by atoms with Gasteiger partial charge in [-0.1, -0.05) is 18.1 Å². The van der Waals surface area contributed by atoms with Crippen molar-refractivity contribution in [3.05, 3.63) is 22.3 Å². The van der Waals surface area contributed by atoms with E-state index < -0.39 is 0 Å². The molecule has 0 aromatic carbocycles. The predicted octanol–water partition coefficient (Wildman–Crippen LogP) is 2.67. The van der Waals surface area contributed by atoms with Crippen LogP contribution >= 0.6 is 0 Å². The summed E-state index contributed by atoms with van der Waals surface area (Å²) in [6.45, 7) is 6.98. The minimum absolute atomic E-state index is 0. The minimum Gasteiger partial charge on any atom is -0.400 e. The molecule has 0 saturated heterocycles. The van der Waals surface area contributed by atoms with Gasteiger partial charge in [0.15, 0.2) is 0 Å². The fraction of sp³-hybridized carbons (Fsp3) is 0.733. The van der Waals surface area contributed by atoms with Crippen molar-refractivity contribution in [2.45, 2.75) is 46.5 Å². The molecule has 3 N–H and O–H groups in total. The Labute approximate surface area is 133 Å². The quantitative estimate of drug-likeness (QED) is 0.603. The second-order valence-corrected chi connectivity index (χ2v) is 4.24. The Hall–Kier alpha value is 0.0743. The molecule has 3 nitrogen and oxygen atoms in total. The van der Waals surface area contributed by atoms with E-state index in [2.05, 4.69) is 20.8 Å². The topological polar surface area (TPSA) is 60.7 Å². The summed E-state index contributed by atoms with van der Waals surface area (Å²) in [4.78, 5) is 0. The van der Waals surface area contributed by atoms with Gasteiger partial charge in [0.25, 0.3) is 0 Å². The van der Waals surface area contributed by atoms with Crippen LogP contribution in [-0.2, 0) is 21.7 Å². The van der Waals surface area contributed by atoms with E-state index in [9.17, 15) is 0 Å². The van der Waals surface area contributed by atoms with E-state index in [1.54, 1.807) is 22.3 Å². The number of aliphatic hydroxyl groups excluding tert-OH is 3. The molecule has 19 heavy (non-hydrogen) atoms. The van der Waals surface area contributed by atoms with Crippen LogP contribution in [0.4, 0.5) is 0 Å². The molecule has 0 fully saturated rings. The van der Waals surface area contributed by atoms with Gasteiger partial charge in [0.05, 0.1) is 0 Å². The summed E-state index contributed by atoms with van der Waals surface area (Å²) in [5, 5.41) is 21.0. The van der Waals surface area contributed by atoms with Crippen LogP contribution in [0.1, 0.15) is 46.5 Å². The van der Waals surface area contributed by atoms with Crippen LogP contribution in [0.2, 0.25) is 0 Å². The molecule has 2 aliphatic carbocycles. The van der Waals surface area contributed by atoms with Crippen molar-refractivity contribution in [2.24, 2.45) is 5.92 Å². The summed E-state index contributed by atoms with van der Waals surface area (Å²) in [6.07, 6.45) is 5.55. The number of aliphatic hydroxyl groups is 3. The fourth-order valence-electron chi connectivity index (χ4n) is 2.66. The van der Waals surface area contributed by atoms with Crippen LogP contribution in [0.3, 0.4) is 0 Å². The molecular weight excluding hydrogens is 276 g/mol. The van der Waals surface area contributed by atoms with Crippen molar-refractivity contribution in [2.75, 3.05) is 21.3 Å². The Balaban J connectivity index is -0.000000325. The van der Waals surface area contributed by atoms with Crippen molar-refractivity contribution in [3.63, 3.8) is 0 Å². The first-order valence-electron chi connectivity index (χ1n) is 6.45. The molecule has 0 aromatic rings. The van der Waals surface area contributed by atoms with Crippen molar-refractivity contribution in [1.29, 1.82) is 0 Å². The molecule has 1 unspecified atom stereocenters. The molecular formula is C15H30O3Ti. The van der Waals surface area contributed by atoms with Crippen LogP contribution in [-0.4, -0.2) is 36.6 Å². The Kier molecular flexibility index (Phi) is 18.4. The molecule has 0 saturated carbocycles. The second kappa shape index (κ2) is 14.5. The van der Waals surface area contributed by atoms with Gasteiger partial charge < -0.3 is 15.3 Å². The first-order valence-corrected chi connectivity index (χ1v) is 6.45. The average Bonchev–Trinajstić information content (AvgIpc) is 2.71. The molecule has 0 spiro atoms. The molecule has 2 rings (SSSR count). The maximum absolute atomic E-state index is 7.00. The predicted molar refractivity (Wildman–Crippen MR) is 77.5 cm³/mol. The first-order chi connectivity index (χ1) is 8.72. The van der Waals surface area contributed by atoms with E-state index in [1.807, 2.05) is 0 Å². The van der Waals surface area contributed by atoms with E-state index >= 15 is 0 Å². The third-order valence-corrected chi connectivity index (χ3v) is 3.73. The van der Waals surface area contributed by atoms with Gasteiger partial charge in [0.1, 0.15) is 0 Å². The van der Waals surface area contributed by atoms with Gasteiger partial charge in [-0.3, -0.25) is 0 Å². The summed E-state index contributed by atoms with van der Waals surface area (Å²) in [5.74, 6) is 0.764. The molecule has 4 heteroatoms. The first kappa shape index (κ1) is 24.1. The zero-order valence-corrected chi connectivity index (χ0v) is 14.8. The molecule has 0 radical (unpaired) electrons. The van der Waals surface area contributed by atoms with Gasteiger partial charge in [0.2, 0.25) is 0 Å². The summed E-state index contributed by atoms with van der Waals surface area (Å²) in [5.41, 5.74) is 6.71. The third-order valence-electron chi connectivity index (χ3n) is 3.73. The zero-order valence-electron chi connectivity index (χ0n) is 13.2. The maximum atomic E-state index is 7.00. The van der Waals surface area contributed by atoms with Gasteiger partial charge in [-0.2, -0.15) is 0 Å². The summed E-state index contributed by atoms with van der Waals surface area (Å²) >= 11 is 0. The molecule has 0 heterocycles. The third kappa shape index (κ3) is 6.37. The molecule has 2 aliphatic rings. The summed E-state index contributed by atoms with van der Waals surface area (Å²) in [7, 11) is 3.00. The normalized spacial score (nSPS) is 19.7. The van der Waals surface area contributed by atoms with Gasteiger partial charge in [0, 0.05) is 43.0 Å². The van der Waals surface area contributed by atoms with E-state index in [0.29, 0.717) is 0 Å². The zero-order chi connectivity index (χ0) is 14.7. The van der Waals surface area contributed by atoms with Crippen LogP contribution in [0, 0.1) is 5.92 Å². The number of rotatable bonds is 0. The van der Waals surface area contributed by atoms with Crippen molar-refractivity contribution < 1.29 is 37.0 Å².